The van der Waals surface area contributed by atoms with E-state index in [0.29, 0.717) is 23.4 Å². The van der Waals surface area contributed by atoms with Crippen molar-refractivity contribution in [2.75, 3.05) is 11.9 Å². The van der Waals surface area contributed by atoms with Crippen LogP contribution in [0.3, 0.4) is 0 Å². The molecule has 0 aromatic heterocycles. The Hall–Kier alpha value is -3.25. The predicted molar refractivity (Wildman–Crippen MR) is 121 cm³/mol. The molecule has 1 amide bonds. The number of phenols is 2. The maximum absolute atomic E-state index is 13.3. The number of aryl methyl sites for hydroxylation is 1. The van der Waals surface area contributed by atoms with Crippen LogP contribution in [0, 0.1) is 6.92 Å². The minimum atomic E-state index is -1.41. The van der Waals surface area contributed by atoms with Crippen molar-refractivity contribution >= 4 is 11.6 Å². The first-order chi connectivity index (χ1) is 14.6. The zero-order valence-corrected chi connectivity index (χ0v) is 18.5. The molecule has 1 atom stereocenters. The zero-order valence-electron chi connectivity index (χ0n) is 18.5. The molecule has 1 aliphatic rings. The molecule has 6 heteroatoms. The number of allylic oxidation sites excluding steroid dienone is 3. The van der Waals surface area contributed by atoms with Gasteiger partial charge in [0.25, 0.3) is 5.91 Å². The Morgan fingerprint density at radius 1 is 1.06 bits per heavy atom. The molecule has 0 bridgehead atoms. The second-order valence-electron chi connectivity index (χ2n) is 8.30. The molecule has 1 unspecified atom stereocenters. The van der Waals surface area contributed by atoms with Crippen molar-refractivity contribution < 1.29 is 24.9 Å². The van der Waals surface area contributed by atoms with Crippen molar-refractivity contribution in [3.05, 3.63) is 69.3 Å². The summed E-state index contributed by atoms with van der Waals surface area (Å²) in [7, 11) is 0. The number of fused-ring (bicyclic) bond motifs is 2. The summed E-state index contributed by atoms with van der Waals surface area (Å²) in [6.45, 7) is 9.80. The highest BCUT2D eigenvalue weighted by atomic mass is 16.5. The summed E-state index contributed by atoms with van der Waals surface area (Å²) in [5, 5.41) is 35.2. The second-order valence-corrected chi connectivity index (χ2v) is 8.30. The molecule has 2 aromatic carbocycles. The van der Waals surface area contributed by atoms with E-state index in [1.54, 1.807) is 13.0 Å². The van der Waals surface area contributed by atoms with E-state index in [0.717, 1.165) is 16.7 Å². The number of amides is 1. The number of aliphatic hydroxyl groups excluding tert-OH is 1. The molecular formula is C25H29NO5. The lowest BCUT2D eigenvalue weighted by Gasteiger charge is -2.20. The van der Waals surface area contributed by atoms with E-state index < -0.39 is 12.0 Å². The van der Waals surface area contributed by atoms with Crippen LogP contribution in [0.2, 0.25) is 0 Å². The largest absolute Gasteiger partial charge is 0.508 e. The molecule has 1 aliphatic heterocycles. The number of ether oxygens (including phenoxy) is 1. The van der Waals surface area contributed by atoms with E-state index >= 15 is 0 Å². The highest BCUT2D eigenvalue weighted by Crippen LogP contribution is 2.47. The fourth-order valence-electron chi connectivity index (χ4n) is 3.66. The van der Waals surface area contributed by atoms with Gasteiger partial charge in [-0.2, -0.15) is 0 Å². The number of nitrogens with one attached hydrogen (secondary N) is 1. The molecule has 0 spiro atoms. The van der Waals surface area contributed by atoms with Crippen LogP contribution in [-0.4, -0.2) is 27.8 Å². The van der Waals surface area contributed by atoms with Gasteiger partial charge in [0.1, 0.15) is 30.0 Å². The minimum Gasteiger partial charge on any atom is -0.508 e. The van der Waals surface area contributed by atoms with E-state index in [2.05, 4.69) is 5.32 Å². The summed E-state index contributed by atoms with van der Waals surface area (Å²) in [5.74, 6) is -0.613. The molecule has 6 nitrogen and oxygen atoms in total. The Morgan fingerprint density at radius 2 is 1.74 bits per heavy atom. The van der Waals surface area contributed by atoms with Crippen molar-refractivity contribution in [1.82, 2.24) is 0 Å². The molecule has 0 saturated carbocycles. The fourth-order valence-corrected chi connectivity index (χ4v) is 3.66. The van der Waals surface area contributed by atoms with Crippen molar-refractivity contribution in [3.8, 4) is 17.2 Å². The van der Waals surface area contributed by atoms with Crippen LogP contribution < -0.4 is 10.1 Å². The number of rotatable bonds is 5. The highest BCUT2D eigenvalue weighted by Gasteiger charge is 2.35. The maximum Gasteiger partial charge on any atom is 0.259 e. The Labute approximate surface area is 182 Å². The van der Waals surface area contributed by atoms with Crippen molar-refractivity contribution in [1.29, 1.82) is 0 Å². The molecule has 0 fully saturated rings. The number of aromatic hydroxyl groups is 2. The lowest BCUT2D eigenvalue weighted by molar-refractivity contribution is 0.102. The normalized spacial score (nSPS) is 14.6. The van der Waals surface area contributed by atoms with E-state index in [4.69, 9.17) is 4.74 Å². The van der Waals surface area contributed by atoms with Crippen molar-refractivity contribution in [2.45, 2.75) is 47.1 Å². The molecule has 0 aliphatic carbocycles. The summed E-state index contributed by atoms with van der Waals surface area (Å²) in [6.07, 6.45) is 2.98. The Morgan fingerprint density at radius 3 is 2.39 bits per heavy atom. The Kier molecular flexibility index (Phi) is 6.41. The molecule has 1 heterocycles. The first-order valence-electron chi connectivity index (χ1n) is 10.2. The number of benzene rings is 2. The molecule has 0 radical (unpaired) electrons. The smallest absolute Gasteiger partial charge is 0.259 e. The van der Waals surface area contributed by atoms with Crippen LogP contribution in [0.1, 0.15) is 66.4 Å². The number of carbonyl (C=O) groups is 1. The number of aliphatic hydroxyl groups is 1. The van der Waals surface area contributed by atoms with Gasteiger partial charge in [-0.05, 0) is 70.4 Å². The number of carbonyl (C=O) groups excluding carboxylic acids is 1. The average molecular weight is 424 g/mol. The molecule has 4 N–H and O–H groups in total. The third kappa shape index (κ3) is 4.44. The summed E-state index contributed by atoms with van der Waals surface area (Å²) in [5.41, 5.74) is 4.07. The van der Waals surface area contributed by atoms with Crippen LogP contribution in [0.25, 0.3) is 0 Å². The van der Waals surface area contributed by atoms with Crippen molar-refractivity contribution in [3.63, 3.8) is 0 Å². The molecule has 0 saturated heterocycles. The fraction of sp³-hybridized carbons (Fsp3) is 0.320. The average Bonchev–Trinajstić information content (AvgIpc) is 2.78. The lowest BCUT2D eigenvalue weighted by Crippen LogP contribution is -2.16. The monoisotopic (exact) mass is 423 g/mol. The molecular weight excluding hydrogens is 394 g/mol. The van der Waals surface area contributed by atoms with E-state index in [1.807, 2.05) is 39.8 Å². The minimum absolute atomic E-state index is 0.0173. The van der Waals surface area contributed by atoms with E-state index in [9.17, 15) is 20.1 Å². The molecule has 31 heavy (non-hydrogen) atoms. The molecule has 164 valence electrons. The van der Waals surface area contributed by atoms with E-state index in [-0.39, 0.29) is 34.8 Å². The third-order valence-electron chi connectivity index (χ3n) is 5.25. The first-order valence-corrected chi connectivity index (χ1v) is 10.2. The summed E-state index contributed by atoms with van der Waals surface area (Å²) >= 11 is 0. The number of hydrogen-bond acceptors (Lipinski definition) is 5. The van der Waals surface area contributed by atoms with Gasteiger partial charge in [0.05, 0.1) is 16.8 Å². The lowest BCUT2D eigenvalue weighted by atomic mass is 9.92. The zero-order chi connectivity index (χ0) is 22.9. The van der Waals surface area contributed by atoms with Crippen molar-refractivity contribution in [2.24, 2.45) is 0 Å². The Balaban J connectivity index is 2.21. The summed E-state index contributed by atoms with van der Waals surface area (Å²) in [4.78, 5) is 13.3. The SMILES string of the molecule is CC(C)=CCOc1c(C)cc(O)c2c1C(=O)Nc1c(CC=C(C)C)ccc(O)c1C2O. The molecule has 3 rings (SSSR count). The second kappa shape index (κ2) is 8.86. The van der Waals surface area contributed by atoms with Gasteiger partial charge in [-0.1, -0.05) is 23.3 Å². The van der Waals surface area contributed by atoms with Crippen LogP contribution in [0.5, 0.6) is 17.2 Å². The Bertz CT molecular complexity index is 1090. The summed E-state index contributed by atoms with van der Waals surface area (Å²) in [6, 6.07) is 4.67. The number of anilines is 1. The molecule has 2 aromatic rings. The summed E-state index contributed by atoms with van der Waals surface area (Å²) < 4.78 is 5.88. The van der Waals surface area contributed by atoms with Gasteiger partial charge in [-0.25, -0.2) is 0 Å². The number of phenolic OH excluding ortho intramolecular Hbond substituents is 2. The van der Waals surface area contributed by atoms with Crippen LogP contribution in [-0.2, 0) is 6.42 Å². The van der Waals surface area contributed by atoms with Gasteiger partial charge in [0.2, 0.25) is 0 Å². The maximum atomic E-state index is 13.3. The van der Waals surface area contributed by atoms with Gasteiger partial charge in [-0.3, -0.25) is 4.79 Å². The van der Waals surface area contributed by atoms with E-state index in [1.165, 1.54) is 12.1 Å². The standard InChI is InChI=1S/C25H29NO5/c1-13(2)6-7-16-8-9-17(27)20-22(16)26-25(30)21-19(23(20)29)18(28)12-15(5)24(21)31-11-10-14(3)4/h6,8-10,12,23,27-29H,7,11H2,1-5H3,(H,26,30). The third-order valence-corrected chi connectivity index (χ3v) is 5.25. The van der Waals surface area contributed by atoms with Crippen LogP contribution in [0.4, 0.5) is 5.69 Å². The number of hydrogen-bond donors (Lipinski definition) is 4. The quantitative estimate of drug-likeness (QED) is 0.512. The topological polar surface area (TPSA) is 99.0 Å². The van der Waals surface area contributed by atoms with Gasteiger partial charge in [-0.15, -0.1) is 0 Å². The van der Waals surface area contributed by atoms with Gasteiger partial charge in [0.15, 0.2) is 0 Å². The van der Waals surface area contributed by atoms with Gasteiger partial charge < -0.3 is 25.4 Å². The van der Waals surface area contributed by atoms with Gasteiger partial charge in [0, 0.05) is 5.56 Å². The first kappa shape index (κ1) is 22.4. The highest BCUT2D eigenvalue weighted by molar-refractivity contribution is 6.10. The van der Waals surface area contributed by atoms with Crippen LogP contribution in [0.15, 0.2) is 41.5 Å². The van der Waals surface area contributed by atoms with Gasteiger partial charge >= 0.3 is 0 Å². The van der Waals surface area contributed by atoms with Crippen LogP contribution >= 0.6 is 0 Å². The predicted octanol–water partition coefficient (Wildman–Crippen LogP) is 4.91.